The van der Waals surface area contributed by atoms with Gasteiger partial charge in [0.1, 0.15) is 17.7 Å². The van der Waals surface area contributed by atoms with Crippen molar-refractivity contribution in [3.05, 3.63) is 46.8 Å². The Morgan fingerprint density at radius 2 is 2.20 bits per heavy atom. The molecule has 5 nitrogen and oxygen atoms in total. The molecule has 5 heteroatoms. The number of benzene rings is 1. The molecule has 1 aliphatic heterocycles. The Labute approximate surface area is 116 Å². The number of amides is 1. The fraction of sp³-hybridized carbons (Fsp3) is 0.333. The SMILES string of the molecule is Cc1cc2c(cc1C)O[C@@H](C(=O)NCc1ccon1)C2. The summed E-state index contributed by atoms with van der Waals surface area (Å²) >= 11 is 0. The van der Waals surface area contributed by atoms with Crippen molar-refractivity contribution >= 4 is 5.91 Å². The van der Waals surface area contributed by atoms with Crippen LogP contribution in [-0.4, -0.2) is 17.2 Å². The number of carbonyl (C=O) groups is 1. The molecule has 0 unspecified atom stereocenters. The average Bonchev–Trinajstić information content (AvgIpc) is 3.05. The van der Waals surface area contributed by atoms with Crippen molar-refractivity contribution in [2.45, 2.75) is 32.9 Å². The summed E-state index contributed by atoms with van der Waals surface area (Å²) in [6.45, 7) is 4.45. The highest BCUT2D eigenvalue weighted by Gasteiger charge is 2.29. The molecule has 20 heavy (non-hydrogen) atoms. The maximum atomic E-state index is 12.1. The molecule has 0 saturated heterocycles. The van der Waals surface area contributed by atoms with Crippen molar-refractivity contribution in [3.8, 4) is 5.75 Å². The summed E-state index contributed by atoms with van der Waals surface area (Å²) < 4.78 is 10.4. The number of ether oxygens (including phenoxy) is 1. The summed E-state index contributed by atoms with van der Waals surface area (Å²) in [6.07, 6.45) is 1.63. The van der Waals surface area contributed by atoms with E-state index in [1.807, 2.05) is 13.0 Å². The van der Waals surface area contributed by atoms with E-state index in [2.05, 4.69) is 23.5 Å². The van der Waals surface area contributed by atoms with Crippen molar-refractivity contribution in [2.24, 2.45) is 0 Å². The van der Waals surface area contributed by atoms with E-state index in [1.54, 1.807) is 6.07 Å². The monoisotopic (exact) mass is 272 g/mol. The molecule has 104 valence electrons. The minimum absolute atomic E-state index is 0.125. The second kappa shape index (κ2) is 5.00. The standard InChI is InChI=1S/C15H16N2O3/c1-9-5-11-7-14(20-13(11)6-10(9)2)15(18)16-8-12-3-4-19-17-12/h3-6,14H,7-8H2,1-2H3,(H,16,18)/t14-/m1/s1. The first-order chi connectivity index (χ1) is 9.63. The van der Waals surface area contributed by atoms with Gasteiger partial charge in [0.25, 0.3) is 5.91 Å². The fourth-order valence-electron chi connectivity index (χ4n) is 2.28. The Bertz CT molecular complexity index is 604. The number of carbonyl (C=O) groups excluding carboxylic acids is 1. The normalized spacial score (nSPS) is 16.6. The van der Waals surface area contributed by atoms with Crippen LogP contribution in [0.3, 0.4) is 0 Å². The number of rotatable bonds is 3. The predicted molar refractivity (Wildman–Crippen MR) is 72.4 cm³/mol. The molecule has 1 aromatic heterocycles. The van der Waals surface area contributed by atoms with E-state index in [4.69, 9.17) is 9.26 Å². The van der Waals surface area contributed by atoms with Gasteiger partial charge < -0.3 is 14.6 Å². The van der Waals surface area contributed by atoms with Crippen molar-refractivity contribution in [2.75, 3.05) is 0 Å². The molecule has 0 fully saturated rings. The minimum Gasteiger partial charge on any atom is -0.480 e. The number of hydrogen-bond acceptors (Lipinski definition) is 4. The van der Waals surface area contributed by atoms with E-state index < -0.39 is 6.10 Å². The maximum absolute atomic E-state index is 12.1. The number of hydrogen-bond donors (Lipinski definition) is 1. The van der Waals surface area contributed by atoms with E-state index in [0.717, 1.165) is 11.3 Å². The lowest BCUT2D eigenvalue weighted by Crippen LogP contribution is -2.37. The Hall–Kier alpha value is -2.30. The quantitative estimate of drug-likeness (QED) is 0.927. The van der Waals surface area contributed by atoms with Crippen LogP contribution in [0.25, 0.3) is 0 Å². The molecular formula is C15H16N2O3. The molecule has 1 N–H and O–H groups in total. The number of aromatic nitrogens is 1. The summed E-state index contributed by atoms with van der Waals surface area (Å²) in [4.78, 5) is 12.1. The second-order valence-corrected chi connectivity index (χ2v) is 5.06. The third-order valence-corrected chi connectivity index (χ3v) is 3.58. The van der Waals surface area contributed by atoms with Gasteiger partial charge in [-0.3, -0.25) is 4.79 Å². The topological polar surface area (TPSA) is 64.4 Å². The van der Waals surface area contributed by atoms with Crippen LogP contribution >= 0.6 is 0 Å². The van der Waals surface area contributed by atoms with E-state index in [1.165, 1.54) is 17.4 Å². The third-order valence-electron chi connectivity index (χ3n) is 3.58. The van der Waals surface area contributed by atoms with Gasteiger partial charge in [-0.05, 0) is 36.6 Å². The first-order valence-corrected chi connectivity index (χ1v) is 6.57. The molecule has 1 aromatic carbocycles. The zero-order valence-electron chi connectivity index (χ0n) is 11.5. The van der Waals surface area contributed by atoms with Gasteiger partial charge in [0, 0.05) is 12.5 Å². The molecule has 1 atom stereocenters. The van der Waals surface area contributed by atoms with Gasteiger partial charge in [-0.15, -0.1) is 0 Å². The minimum atomic E-state index is -0.460. The largest absolute Gasteiger partial charge is 0.480 e. The molecule has 1 amide bonds. The van der Waals surface area contributed by atoms with Gasteiger partial charge in [-0.2, -0.15) is 0 Å². The van der Waals surface area contributed by atoms with Crippen LogP contribution in [0, 0.1) is 13.8 Å². The van der Waals surface area contributed by atoms with Crippen molar-refractivity contribution in [3.63, 3.8) is 0 Å². The van der Waals surface area contributed by atoms with Crippen molar-refractivity contribution < 1.29 is 14.1 Å². The van der Waals surface area contributed by atoms with E-state index in [9.17, 15) is 4.79 Å². The van der Waals surface area contributed by atoms with Crippen LogP contribution in [0.2, 0.25) is 0 Å². The lowest BCUT2D eigenvalue weighted by atomic mass is 10.0. The zero-order chi connectivity index (χ0) is 14.1. The predicted octanol–water partition coefficient (Wildman–Crippen LogP) is 1.91. The van der Waals surface area contributed by atoms with E-state index >= 15 is 0 Å². The molecule has 0 spiro atoms. The highest BCUT2D eigenvalue weighted by atomic mass is 16.5. The highest BCUT2D eigenvalue weighted by Crippen LogP contribution is 2.31. The molecule has 0 bridgehead atoms. The maximum Gasteiger partial charge on any atom is 0.261 e. The average molecular weight is 272 g/mol. The molecule has 2 heterocycles. The van der Waals surface area contributed by atoms with Gasteiger partial charge in [0.05, 0.1) is 6.54 Å². The van der Waals surface area contributed by atoms with E-state index in [0.29, 0.717) is 18.7 Å². The fourth-order valence-corrected chi connectivity index (χ4v) is 2.28. The molecule has 1 aliphatic rings. The first-order valence-electron chi connectivity index (χ1n) is 6.57. The summed E-state index contributed by atoms with van der Waals surface area (Å²) in [5.74, 6) is 0.689. The van der Waals surface area contributed by atoms with Crippen LogP contribution in [0.5, 0.6) is 5.75 Å². The van der Waals surface area contributed by atoms with Gasteiger partial charge >= 0.3 is 0 Å². The molecule has 3 rings (SSSR count). The summed E-state index contributed by atoms with van der Waals surface area (Å²) in [5.41, 5.74) is 4.18. The molecule has 0 radical (unpaired) electrons. The molecule has 2 aromatic rings. The Balaban J connectivity index is 1.64. The van der Waals surface area contributed by atoms with Gasteiger partial charge in [-0.1, -0.05) is 11.2 Å². The Morgan fingerprint density at radius 3 is 2.95 bits per heavy atom. The van der Waals surface area contributed by atoms with Gasteiger partial charge in [0.15, 0.2) is 6.10 Å². The second-order valence-electron chi connectivity index (χ2n) is 5.06. The van der Waals surface area contributed by atoms with Crippen LogP contribution < -0.4 is 10.1 Å². The zero-order valence-corrected chi connectivity index (χ0v) is 11.5. The highest BCUT2D eigenvalue weighted by molar-refractivity contribution is 5.82. The smallest absolute Gasteiger partial charge is 0.261 e. The number of nitrogens with zero attached hydrogens (tertiary/aromatic N) is 1. The Kier molecular flexibility index (Phi) is 3.18. The van der Waals surface area contributed by atoms with Crippen LogP contribution in [0.1, 0.15) is 22.4 Å². The van der Waals surface area contributed by atoms with Crippen molar-refractivity contribution in [1.29, 1.82) is 0 Å². The molecule has 0 saturated carbocycles. The lowest BCUT2D eigenvalue weighted by molar-refractivity contribution is -0.127. The van der Waals surface area contributed by atoms with Crippen LogP contribution in [0.15, 0.2) is 29.0 Å². The van der Waals surface area contributed by atoms with Gasteiger partial charge in [-0.25, -0.2) is 0 Å². The number of fused-ring (bicyclic) bond motifs is 1. The number of aryl methyl sites for hydroxylation is 2. The first kappa shape index (κ1) is 12.7. The van der Waals surface area contributed by atoms with Crippen LogP contribution in [-0.2, 0) is 17.8 Å². The van der Waals surface area contributed by atoms with Gasteiger partial charge in [0.2, 0.25) is 0 Å². The summed E-state index contributed by atoms with van der Waals surface area (Å²) in [7, 11) is 0. The molecular weight excluding hydrogens is 256 g/mol. The lowest BCUT2D eigenvalue weighted by Gasteiger charge is -2.10. The number of nitrogens with one attached hydrogen (secondary N) is 1. The third kappa shape index (κ3) is 2.39. The summed E-state index contributed by atoms with van der Waals surface area (Å²) in [6, 6.07) is 5.81. The van der Waals surface area contributed by atoms with Crippen molar-refractivity contribution in [1.82, 2.24) is 10.5 Å². The van der Waals surface area contributed by atoms with E-state index in [-0.39, 0.29) is 5.91 Å². The molecule has 0 aliphatic carbocycles. The summed E-state index contributed by atoms with van der Waals surface area (Å²) in [5, 5.41) is 6.55. The van der Waals surface area contributed by atoms with Crippen LogP contribution in [0.4, 0.5) is 0 Å². The Morgan fingerprint density at radius 1 is 1.40 bits per heavy atom.